The Morgan fingerprint density at radius 2 is 1.73 bits per heavy atom. The van der Waals surface area contributed by atoms with Gasteiger partial charge in [-0.1, -0.05) is 36.4 Å². The Kier molecular flexibility index (Phi) is 6.20. The molecular formula is C28H26N4O5. The van der Waals surface area contributed by atoms with Crippen LogP contribution in [-0.4, -0.2) is 71.2 Å². The molecule has 9 heteroatoms. The number of piperazine rings is 1. The minimum absolute atomic E-state index is 0.190. The summed E-state index contributed by atoms with van der Waals surface area (Å²) in [5.41, 5.74) is 3.97. The highest BCUT2D eigenvalue weighted by molar-refractivity contribution is 5.95. The maximum Gasteiger partial charge on any atom is 0.338 e. The van der Waals surface area contributed by atoms with Gasteiger partial charge in [-0.3, -0.25) is 9.69 Å². The van der Waals surface area contributed by atoms with Crippen LogP contribution in [0.5, 0.6) is 11.5 Å². The van der Waals surface area contributed by atoms with Crippen molar-refractivity contribution in [2.75, 3.05) is 39.6 Å². The van der Waals surface area contributed by atoms with Crippen molar-refractivity contribution in [2.24, 2.45) is 0 Å². The number of esters is 1. The summed E-state index contributed by atoms with van der Waals surface area (Å²) >= 11 is 0. The smallest absolute Gasteiger partial charge is 0.338 e. The SMILES string of the molecule is O=C(OCC(=O)N1CCN(Cc2ccc3c(c2)OCO3)CC1)c1ccc2nc(-c3ccccc3)[nH]c2c1. The molecule has 0 atom stereocenters. The van der Waals surface area contributed by atoms with Gasteiger partial charge in [0.2, 0.25) is 6.79 Å². The average molecular weight is 499 g/mol. The zero-order valence-corrected chi connectivity index (χ0v) is 20.2. The standard InChI is InChI=1S/C28H26N4O5/c33-26(32-12-10-31(11-13-32)16-19-6-9-24-25(14-19)37-18-36-24)17-35-28(34)21-7-8-22-23(15-21)30-27(29-22)20-4-2-1-3-5-20/h1-9,14-15H,10-13,16-18H2,(H,29,30). The van der Waals surface area contributed by atoms with E-state index in [-0.39, 0.29) is 19.3 Å². The molecule has 9 nitrogen and oxygen atoms in total. The zero-order valence-electron chi connectivity index (χ0n) is 20.2. The largest absolute Gasteiger partial charge is 0.454 e. The first-order chi connectivity index (χ1) is 18.1. The number of aromatic nitrogens is 2. The molecule has 0 saturated carbocycles. The lowest BCUT2D eigenvalue weighted by molar-refractivity contribution is -0.136. The monoisotopic (exact) mass is 498 g/mol. The third kappa shape index (κ3) is 4.99. The molecule has 0 spiro atoms. The molecule has 0 radical (unpaired) electrons. The van der Waals surface area contributed by atoms with Crippen LogP contribution >= 0.6 is 0 Å². The molecule has 2 aliphatic heterocycles. The molecule has 1 aromatic heterocycles. The number of ether oxygens (including phenoxy) is 3. The first kappa shape index (κ1) is 23.1. The Hall–Kier alpha value is -4.37. The molecule has 0 unspecified atom stereocenters. The van der Waals surface area contributed by atoms with Crippen LogP contribution in [0.3, 0.4) is 0 Å². The lowest BCUT2D eigenvalue weighted by Gasteiger charge is -2.34. The van der Waals surface area contributed by atoms with Crippen LogP contribution in [0.1, 0.15) is 15.9 Å². The zero-order chi connectivity index (χ0) is 25.2. The van der Waals surface area contributed by atoms with E-state index in [1.807, 2.05) is 48.5 Å². The fourth-order valence-corrected chi connectivity index (χ4v) is 4.62. The number of benzene rings is 3. The third-order valence-electron chi connectivity index (χ3n) is 6.66. The highest BCUT2D eigenvalue weighted by Gasteiger charge is 2.23. The number of nitrogens with zero attached hydrogens (tertiary/aromatic N) is 3. The summed E-state index contributed by atoms with van der Waals surface area (Å²) in [7, 11) is 0. The van der Waals surface area contributed by atoms with Crippen LogP contribution in [0.2, 0.25) is 0 Å². The summed E-state index contributed by atoms with van der Waals surface area (Å²) in [6.45, 7) is 3.42. The Morgan fingerprint density at radius 1 is 0.919 bits per heavy atom. The van der Waals surface area contributed by atoms with E-state index < -0.39 is 5.97 Å². The number of nitrogens with one attached hydrogen (secondary N) is 1. The van der Waals surface area contributed by atoms with Gasteiger partial charge in [-0.25, -0.2) is 9.78 Å². The van der Waals surface area contributed by atoms with Gasteiger partial charge >= 0.3 is 5.97 Å². The van der Waals surface area contributed by atoms with Crippen molar-refractivity contribution < 1.29 is 23.8 Å². The molecule has 1 fully saturated rings. The number of hydrogen-bond donors (Lipinski definition) is 1. The summed E-state index contributed by atoms with van der Waals surface area (Å²) in [5, 5.41) is 0. The van der Waals surface area contributed by atoms with Gasteiger partial charge in [0.15, 0.2) is 18.1 Å². The molecule has 188 valence electrons. The summed E-state index contributed by atoms with van der Waals surface area (Å²) in [6, 6.07) is 20.9. The van der Waals surface area contributed by atoms with E-state index in [9.17, 15) is 9.59 Å². The van der Waals surface area contributed by atoms with Gasteiger partial charge in [-0.2, -0.15) is 0 Å². The van der Waals surface area contributed by atoms with Crippen molar-refractivity contribution in [3.8, 4) is 22.9 Å². The molecule has 3 aromatic carbocycles. The van der Waals surface area contributed by atoms with Crippen molar-refractivity contribution in [1.29, 1.82) is 0 Å². The van der Waals surface area contributed by atoms with Crippen LogP contribution in [0.4, 0.5) is 0 Å². The summed E-state index contributed by atoms with van der Waals surface area (Å²) in [4.78, 5) is 37.2. The van der Waals surface area contributed by atoms with E-state index in [4.69, 9.17) is 14.2 Å². The van der Waals surface area contributed by atoms with E-state index in [1.54, 1.807) is 23.1 Å². The van der Waals surface area contributed by atoms with E-state index in [1.165, 1.54) is 0 Å². The second-order valence-electron chi connectivity index (χ2n) is 9.10. The molecule has 37 heavy (non-hydrogen) atoms. The predicted molar refractivity (Wildman–Crippen MR) is 136 cm³/mol. The number of imidazole rings is 1. The number of fused-ring (bicyclic) bond motifs is 2. The first-order valence-corrected chi connectivity index (χ1v) is 12.2. The number of hydrogen-bond acceptors (Lipinski definition) is 7. The minimum Gasteiger partial charge on any atom is -0.454 e. The molecule has 3 heterocycles. The number of amides is 1. The summed E-state index contributed by atoms with van der Waals surface area (Å²) in [5.74, 6) is 1.55. The summed E-state index contributed by atoms with van der Waals surface area (Å²) in [6.07, 6.45) is 0. The second-order valence-corrected chi connectivity index (χ2v) is 9.10. The number of carbonyl (C=O) groups excluding carboxylic acids is 2. The topological polar surface area (TPSA) is 97.0 Å². The lowest BCUT2D eigenvalue weighted by atomic mass is 10.1. The van der Waals surface area contributed by atoms with Crippen LogP contribution < -0.4 is 9.47 Å². The van der Waals surface area contributed by atoms with Crippen LogP contribution in [0.15, 0.2) is 66.7 Å². The Balaban J connectivity index is 1.00. The third-order valence-corrected chi connectivity index (χ3v) is 6.66. The van der Waals surface area contributed by atoms with Gasteiger partial charge in [-0.15, -0.1) is 0 Å². The minimum atomic E-state index is -0.535. The molecule has 1 saturated heterocycles. The van der Waals surface area contributed by atoms with Crippen molar-refractivity contribution in [1.82, 2.24) is 19.8 Å². The van der Waals surface area contributed by atoms with Gasteiger partial charge in [0.25, 0.3) is 5.91 Å². The molecule has 0 bridgehead atoms. The second kappa shape index (κ2) is 9.94. The number of aromatic amines is 1. The Bertz CT molecular complexity index is 1440. The van der Waals surface area contributed by atoms with Gasteiger partial charge in [-0.05, 0) is 35.9 Å². The molecule has 6 rings (SSSR count). The highest BCUT2D eigenvalue weighted by Crippen LogP contribution is 2.33. The van der Waals surface area contributed by atoms with Crippen molar-refractivity contribution in [2.45, 2.75) is 6.54 Å². The number of H-pyrrole nitrogens is 1. The van der Waals surface area contributed by atoms with E-state index in [0.29, 0.717) is 18.7 Å². The van der Waals surface area contributed by atoms with Gasteiger partial charge in [0, 0.05) is 38.3 Å². The molecule has 0 aliphatic carbocycles. The average Bonchev–Trinajstić information content (AvgIpc) is 3.59. The molecular weight excluding hydrogens is 472 g/mol. The highest BCUT2D eigenvalue weighted by atomic mass is 16.7. The quantitative estimate of drug-likeness (QED) is 0.407. The number of carbonyl (C=O) groups is 2. The van der Waals surface area contributed by atoms with Crippen molar-refractivity contribution in [3.05, 3.63) is 77.9 Å². The van der Waals surface area contributed by atoms with Gasteiger partial charge < -0.3 is 24.1 Å². The number of rotatable bonds is 6. The first-order valence-electron chi connectivity index (χ1n) is 12.2. The van der Waals surface area contributed by atoms with E-state index in [0.717, 1.165) is 59.1 Å². The van der Waals surface area contributed by atoms with Gasteiger partial charge in [0.1, 0.15) is 5.82 Å². The van der Waals surface area contributed by atoms with Crippen LogP contribution in [0, 0.1) is 0 Å². The fourth-order valence-electron chi connectivity index (χ4n) is 4.62. The lowest BCUT2D eigenvalue weighted by Crippen LogP contribution is -2.49. The predicted octanol–water partition coefficient (Wildman–Crippen LogP) is 3.46. The maximum atomic E-state index is 12.7. The molecule has 1 N–H and O–H groups in total. The maximum absolute atomic E-state index is 12.7. The van der Waals surface area contributed by atoms with Crippen LogP contribution in [-0.2, 0) is 16.1 Å². The molecule has 1 amide bonds. The Morgan fingerprint density at radius 3 is 2.57 bits per heavy atom. The summed E-state index contributed by atoms with van der Waals surface area (Å²) < 4.78 is 16.2. The normalized spacial score (nSPS) is 15.2. The van der Waals surface area contributed by atoms with Crippen molar-refractivity contribution in [3.63, 3.8) is 0 Å². The Labute approximate surface area is 213 Å². The van der Waals surface area contributed by atoms with Crippen LogP contribution in [0.25, 0.3) is 22.4 Å². The van der Waals surface area contributed by atoms with E-state index in [2.05, 4.69) is 14.9 Å². The van der Waals surface area contributed by atoms with E-state index >= 15 is 0 Å². The molecule has 2 aliphatic rings. The molecule has 4 aromatic rings. The van der Waals surface area contributed by atoms with Gasteiger partial charge in [0.05, 0.1) is 16.6 Å². The fraction of sp³-hybridized carbons (Fsp3) is 0.250. The van der Waals surface area contributed by atoms with Crippen molar-refractivity contribution >= 4 is 22.9 Å².